The molecule has 0 spiro atoms. The maximum Gasteiger partial charge on any atom is 0.305 e. The minimum atomic E-state index is -4.27. The van der Waals surface area contributed by atoms with Crippen molar-refractivity contribution in [2.24, 2.45) is 0 Å². The van der Waals surface area contributed by atoms with Crippen molar-refractivity contribution in [3.05, 3.63) is 46.9 Å². The van der Waals surface area contributed by atoms with Crippen molar-refractivity contribution >= 4 is 27.4 Å². The molecule has 0 aliphatic carbocycles. The maximum absolute atomic E-state index is 12.0. The van der Waals surface area contributed by atoms with Crippen molar-refractivity contribution in [1.29, 1.82) is 0 Å². The Balaban J connectivity index is 0.000000613. The molecular formula is C38H63NO7S2. The number of esters is 1. The highest BCUT2D eigenvalue weighted by Crippen LogP contribution is 2.19. The van der Waals surface area contributed by atoms with Gasteiger partial charge in [0, 0.05) is 12.8 Å². The minimum absolute atomic E-state index is 0.104. The van der Waals surface area contributed by atoms with E-state index < -0.39 is 10.1 Å². The molecule has 10 heteroatoms. The number of aromatic nitrogens is 1. The summed E-state index contributed by atoms with van der Waals surface area (Å²) in [7, 11) is -4.27. The number of thiazole rings is 1. The number of carbonyl (C=O) groups is 1. The van der Waals surface area contributed by atoms with Crippen molar-refractivity contribution in [3.8, 4) is 0 Å². The molecule has 0 amide bonds. The highest BCUT2D eigenvalue weighted by molar-refractivity contribution is 7.85. The molecule has 8 nitrogen and oxygen atoms in total. The zero-order chi connectivity index (χ0) is 34.7. The second-order valence-electron chi connectivity index (χ2n) is 13.1. The van der Waals surface area contributed by atoms with Crippen LogP contribution in [0.5, 0.6) is 0 Å². The third kappa shape index (κ3) is 22.0. The summed E-state index contributed by atoms with van der Waals surface area (Å²) in [6, 6.07) is 5.78. The molecular weight excluding hydrogens is 647 g/mol. The van der Waals surface area contributed by atoms with Crippen molar-refractivity contribution < 1.29 is 36.5 Å². The molecule has 2 aromatic rings. The number of aryl methyl sites for hydroxylation is 2. The summed E-state index contributed by atoms with van der Waals surface area (Å²) >= 11 is 1.72. The van der Waals surface area contributed by atoms with E-state index in [1.54, 1.807) is 23.5 Å². The lowest BCUT2D eigenvalue weighted by atomic mass is 10.0. The Morgan fingerprint density at radius 1 is 0.854 bits per heavy atom. The lowest BCUT2D eigenvalue weighted by Gasteiger charge is -2.12. The van der Waals surface area contributed by atoms with Crippen LogP contribution in [0.25, 0.3) is 0 Å². The number of benzene rings is 1. The first kappa shape index (κ1) is 42.3. The highest BCUT2D eigenvalue weighted by Gasteiger charge is 2.26. The second kappa shape index (κ2) is 26.9. The minimum Gasteiger partial charge on any atom is -0.744 e. The van der Waals surface area contributed by atoms with E-state index in [-0.39, 0.29) is 23.3 Å². The third-order valence-corrected chi connectivity index (χ3v) is 10.2. The van der Waals surface area contributed by atoms with Gasteiger partial charge in [0.25, 0.3) is 0 Å². The van der Waals surface area contributed by atoms with E-state index in [1.165, 1.54) is 102 Å². The Kier molecular flexibility index (Phi) is 23.8. The number of hydrogen-bond donors (Lipinski definition) is 0. The number of hydrogen-bond acceptors (Lipinski definition) is 8. The summed E-state index contributed by atoms with van der Waals surface area (Å²) < 4.78 is 50.5. The van der Waals surface area contributed by atoms with Crippen LogP contribution in [0, 0.1) is 6.92 Å². The van der Waals surface area contributed by atoms with Gasteiger partial charge in [-0.3, -0.25) is 4.79 Å². The summed E-state index contributed by atoms with van der Waals surface area (Å²) in [6.07, 6.45) is 28.3. The van der Waals surface area contributed by atoms with E-state index in [1.807, 2.05) is 6.92 Å². The van der Waals surface area contributed by atoms with Gasteiger partial charge in [0.2, 0.25) is 5.51 Å². The van der Waals surface area contributed by atoms with E-state index in [0.29, 0.717) is 19.6 Å². The molecule has 0 N–H and O–H groups in total. The molecule has 1 aromatic carbocycles. The number of nitrogens with zero attached hydrogens (tertiary/aromatic N) is 1. The zero-order valence-electron chi connectivity index (χ0n) is 29.8. The zero-order valence-corrected chi connectivity index (χ0v) is 31.4. The molecule has 1 fully saturated rings. The van der Waals surface area contributed by atoms with Gasteiger partial charge in [0.15, 0.2) is 12.5 Å². The Labute approximate surface area is 295 Å². The molecule has 2 heterocycles. The maximum atomic E-state index is 12.0. The van der Waals surface area contributed by atoms with E-state index in [9.17, 15) is 17.8 Å². The van der Waals surface area contributed by atoms with Crippen molar-refractivity contribution in [3.63, 3.8) is 0 Å². The van der Waals surface area contributed by atoms with Crippen LogP contribution in [0.3, 0.4) is 0 Å². The van der Waals surface area contributed by atoms with Gasteiger partial charge in [0.05, 0.1) is 16.9 Å². The van der Waals surface area contributed by atoms with Gasteiger partial charge < -0.3 is 18.8 Å². The molecule has 0 bridgehead atoms. The third-order valence-electron chi connectivity index (χ3n) is 8.67. The summed E-state index contributed by atoms with van der Waals surface area (Å²) in [4.78, 5) is 11.8. The Morgan fingerprint density at radius 3 is 1.98 bits per heavy atom. The van der Waals surface area contributed by atoms with Crippen LogP contribution in [0.1, 0.15) is 147 Å². The van der Waals surface area contributed by atoms with E-state index >= 15 is 0 Å². The first-order chi connectivity index (χ1) is 23.3. The van der Waals surface area contributed by atoms with E-state index in [2.05, 4.69) is 28.6 Å². The van der Waals surface area contributed by atoms with Crippen LogP contribution < -0.4 is 4.57 Å². The van der Waals surface area contributed by atoms with Gasteiger partial charge in [-0.05, 0) is 44.7 Å². The van der Waals surface area contributed by atoms with Crippen LogP contribution in [0.2, 0.25) is 0 Å². The average Bonchev–Trinajstić information content (AvgIpc) is 3.76. The molecule has 0 saturated carbocycles. The summed E-state index contributed by atoms with van der Waals surface area (Å²) in [6.45, 7) is 6.03. The SMILES string of the molecule is CCCCCCCCCCCCCCCCC[C@H]1OC[C@H](COC(=O)CCCCCC[n+]2ccsc2)O1.Cc1ccc(S(=O)(=O)[O-])cc1. The summed E-state index contributed by atoms with van der Waals surface area (Å²) in [5, 5.41) is 2.10. The van der Waals surface area contributed by atoms with Crippen LogP contribution in [0.15, 0.2) is 46.2 Å². The number of unbranched alkanes of at least 4 members (excludes halogenated alkanes) is 17. The second-order valence-corrected chi connectivity index (χ2v) is 15.3. The highest BCUT2D eigenvalue weighted by atomic mass is 32.2. The molecule has 3 rings (SSSR count). The molecule has 48 heavy (non-hydrogen) atoms. The first-order valence-corrected chi connectivity index (χ1v) is 21.0. The number of ether oxygens (including phenoxy) is 3. The molecule has 1 aliphatic rings. The average molecular weight is 710 g/mol. The lowest BCUT2D eigenvalue weighted by molar-refractivity contribution is -0.692. The fourth-order valence-electron chi connectivity index (χ4n) is 5.70. The Bertz CT molecular complexity index is 1160. The summed E-state index contributed by atoms with van der Waals surface area (Å²) in [5.41, 5.74) is 3.06. The fraction of sp³-hybridized carbons (Fsp3) is 0.737. The molecule has 274 valence electrons. The van der Waals surface area contributed by atoms with Crippen LogP contribution in [-0.2, 0) is 35.7 Å². The molecule has 0 radical (unpaired) electrons. The molecule has 1 aliphatic heterocycles. The lowest BCUT2D eigenvalue weighted by Crippen LogP contribution is -2.29. The smallest absolute Gasteiger partial charge is 0.305 e. The number of carbonyl (C=O) groups excluding carboxylic acids is 1. The standard InChI is InChI=1S/C31H56NO4S.C7H8O3S/c1-2-3-4-5-6-7-8-9-10-11-12-13-14-15-19-22-31-35-27-29(36-31)26-34-30(33)21-18-16-17-20-23-32-24-25-37-28-32;1-6-2-4-7(5-3-6)11(8,9)10/h24-25,28-29,31H,2-23,26-27H2,1H3;2-5H,1H3,(H,8,9,10)/q+1;/p-1/t29-,31-;/m0./s1. The largest absolute Gasteiger partial charge is 0.744 e. The molecule has 1 aromatic heterocycles. The molecule has 0 unspecified atom stereocenters. The first-order valence-electron chi connectivity index (χ1n) is 18.6. The number of rotatable bonds is 26. The molecule has 1 saturated heterocycles. The summed E-state index contributed by atoms with van der Waals surface area (Å²) in [5.74, 6) is -0.110. The van der Waals surface area contributed by atoms with Gasteiger partial charge in [-0.2, -0.15) is 4.57 Å². The predicted octanol–water partition coefficient (Wildman–Crippen LogP) is 9.43. The van der Waals surface area contributed by atoms with Crippen LogP contribution in [0.4, 0.5) is 0 Å². The monoisotopic (exact) mass is 709 g/mol. The molecule has 2 atom stereocenters. The van der Waals surface area contributed by atoms with Gasteiger partial charge in [-0.25, -0.2) is 8.42 Å². The van der Waals surface area contributed by atoms with Gasteiger partial charge in [-0.1, -0.05) is 132 Å². The van der Waals surface area contributed by atoms with Gasteiger partial charge in [0.1, 0.15) is 29.4 Å². The normalized spacial score (nSPS) is 16.1. The predicted molar refractivity (Wildman–Crippen MR) is 192 cm³/mol. The van der Waals surface area contributed by atoms with Crippen molar-refractivity contribution in [2.45, 2.75) is 173 Å². The van der Waals surface area contributed by atoms with Crippen LogP contribution in [-0.4, -0.2) is 44.5 Å². The van der Waals surface area contributed by atoms with E-state index in [0.717, 1.165) is 50.6 Å². The fourth-order valence-corrected chi connectivity index (χ4v) is 6.80. The van der Waals surface area contributed by atoms with Crippen molar-refractivity contribution in [1.82, 2.24) is 0 Å². The topological polar surface area (TPSA) is 106 Å². The van der Waals surface area contributed by atoms with Crippen LogP contribution >= 0.6 is 11.3 Å². The quantitative estimate of drug-likeness (QED) is 0.0415. The Hall–Kier alpha value is -1.85. The Morgan fingerprint density at radius 2 is 1.42 bits per heavy atom. The van der Waals surface area contributed by atoms with E-state index in [4.69, 9.17) is 14.2 Å². The van der Waals surface area contributed by atoms with Gasteiger partial charge in [-0.15, -0.1) is 0 Å². The van der Waals surface area contributed by atoms with Crippen molar-refractivity contribution in [2.75, 3.05) is 13.2 Å². The van der Waals surface area contributed by atoms with Gasteiger partial charge >= 0.3 is 5.97 Å².